The molecule has 180 valence electrons. The Bertz CT molecular complexity index is 1330. The molecule has 3 aromatic heterocycles. The summed E-state index contributed by atoms with van der Waals surface area (Å²) in [6.45, 7) is 10.6. The Kier molecular flexibility index (Phi) is 5.60. The van der Waals surface area contributed by atoms with Gasteiger partial charge in [-0.3, -0.25) is 10.00 Å². The van der Waals surface area contributed by atoms with Crippen molar-refractivity contribution in [1.82, 2.24) is 30.3 Å². The molecule has 1 N–H and O–H groups in total. The lowest BCUT2D eigenvalue weighted by Gasteiger charge is -2.38. The van der Waals surface area contributed by atoms with E-state index >= 15 is 0 Å². The summed E-state index contributed by atoms with van der Waals surface area (Å²) < 4.78 is 6.33. The van der Waals surface area contributed by atoms with Crippen molar-refractivity contribution >= 4 is 16.7 Å². The van der Waals surface area contributed by atoms with Gasteiger partial charge in [0.2, 0.25) is 0 Å². The van der Waals surface area contributed by atoms with E-state index < -0.39 is 0 Å². The van der Waals surface area contributed by atoms with Crippen LogP contribution in [0.3, 0.4) is 0 Å². The number of rotatable bonds is 5. The Labute approximate surface area is 205 Å². The van der Waals surface area contributed by atoms with Gasteiger partial charge in [0, 0.05) is 48.4 Å². The summed E-state index contributed by atoms with van der Waals surface area (Å²) in [6.07, 6.45) is 6.20. The lowest BCUT2D eigenvalue weighted by Crippen LogP contribution is -2.50. The second-order valence-corrected chi connectivity index (χ2v) is 9.75. The quantitative estimate of drug-likeness (QED) is 0.462. The Morgan fingerprint density at radius 3 is 2.83 bits per heavy atom. The lowest BCUT2D eigenvalue weighted by atomic mass is 10.0. The summed E-state index contributed by atoms with van der Waals surface area (Å²) in [4.78, 5) is 9.86. The topological polar surface area (TPSA) is 83.1 Å². The highest BCUT2D eigenvalue weighted by Gasteiger charge is 2.31. The minimum atomic E-state index is -0.139. The number of H-pyrrole nitrogens is 1. The van der Waals surface area contributed by atoms with Gasteiger partial charge in [-0.25, -0.2) is 4.98 Å². The third-order valence-electron chi connectivity index (χ3n) is 7.46. The molecule has 6 rings (SSSR count). The van der Waals surface area contributed by atoms with Crippen LogP contribution >= 0.6 is 0 Å². The molecule has 0 radical (unpaired) electrons. The largest absolute Gasteiger partial charge is 0.486 e. The Balaban J connectivity index is 1.23. The number of aromatic amines is 1. The second kappa shape index (κ2) is 8.92. The van der Waals surface area contributed by atoms with Gasteiger partial charge in [-0.05, 0) is 76.1 Å². The molecule has 35 heavy (non-hydrogen) atoms. The Morgan fingerprint density at radius 2 is 2.00 bits per heavy atom. The average Bonchev–Trinajstić information content (AvgIpc) is 3.50. The van der Waals surface area contributed by atoms with E-state index in [-0.39, 0.29) is 6.10 Å². The zero-order valence-electron chi connectivity index (χ0n) is 20.5. The van der Waals surface area contributed by atoms with Gasteiger partial charge in [0.1, 0.15) is 23.4 Å². The van der Waals surface area contributed by atoms with E-state index in [1.165, 1.54) is 19.4 Å². The van der Waals surface area contributed by atoms with Gasteiger partial charge in [-0.1, -0.05) is 0 Å². The van der Waals surface area contributed by atoms with Crippen LogP contribution in [0.2, 0.25) is 0 Å². The maximum absolute atomic E-state index is 6.33. The van der Waals surface area contributed by atoms with Gasteiger partial charge < -0.3 is 9.64 Å². The monoisotopic (exact) mass is 469 g/mol. The van der Waals surface area contributed by atoms with Crippen LogP contribution in [0, 0.1) is 13.8 Å². The SMILES string of the molecule is Cc1cnnc(C)c1[C@@H](C)Oc1ccc2[nH]nc(-c3ccc(N4CCN5CCC[C@H]5C4)nc3)c2c1. The van der Waals surface area contributed by atoms with Gasteiger partial charge in [0.15, 0.2) is 0 Å². The summed E-state index contributed by atoms with van der Waals surface area (Å²) in [5, 5.41) is 17.0. The standard InChI is InChI=1S/C27H31N7O/c1-17-14-29-30-18(2)26(17)19(3)35-22-7-8-24-23(13-22)27(32-31-24)20-6-9-25(28-15-20)34-12-11-33-10-4-5-21(33)16-34/h6-9,13-15,19,21H,4-5,10-12,16H2,1-3H3,(H,31,32)/t19-,21+/m1/s1. The number of hydrogen-bond donors (Lipinski definition) is 1. The molecule has 0 unspecified atom stereocenters. The average molecular weight is 470 g/mol. The normalized spacial score (nSPS) is 19.2. The van der Waals surface area contributed by atoms with E-state index in [0.717, 1.165) is 70.2 Å². The number of nitrogens with zero attached hydrogens (tertiary/aromatic N) is 6. The molecule has 2 saturated heterocycles. The molecule has 5 heterocycles. The first-order chi connectivity index (χ1) is 17.1. The summed E-state index contributed by atoms with van der Waals surface area (Å²) in [6, 6.07) is 11.0. The van der Waals surface area contributed by atoms with Crippen LogP contribution in [0.1, 0.15) is 42.7 Å². The predicted octanol–water partition coefficient (Wildman–Crippen LogP) is 4.46. The van der Waals surface area contributed by atoms with Crippen molar-refractivity contribution in [3.8, 4) is 17.0 Å². The van der Waals surface area contributed by atoms with Crippen LogP contribution in [-0.4, -0.2) is 62.5 Å². The number of hydrogen-bond acceptors (Lipinski definition) is 7. The molecule has 2 atom stereocenters. The molecular weight excluding hydrogens is 438 g/mol. The van der Waals surface area contributed by atoms with E-state index in [0.29, 0.717) is 6.04 Å². The van der Waals surface area contributed by atoms with Crippen molar-refractivity contribution in [3.63, 3.8) is 0 Å². The molecule has 2 fully saturated rings. The minimum absolute atomic E-state index is 0.139. The lowest BCUT2D eigenvalue weighted by molar-refractivity contribution is 0.225. The van der Waals surface area contributed by atoms with Crippen LogP contribution in [0.4, 0.5) is 5.82 Å². The number of anilines is 1. The molecule has 4 aromatic rings. The maximum Gasteiger partial charge on any atom is 0.128 e. The molecule has 0 amide bonds. The molecular formula is C27H31N7O. The van der Waals surface area contributed by atoms with Gasteiger partial charge in [0.25, 0.3) is 0 Å². The van der Waals surface area contributed by atoms with Crippen molar-refractivity contribution in [3.05, 3.63) is 59.5 Å². The highest BCUT2D eigenvalue weighted by molar-refractivity contribution is 5.93. The summed E-state index contributed by atoms with van der Waals surface area (Å²) in [7, 11) is 0. The number of fused-ring (bicyclic) bond motifs is 2. The first-order valence-corrected chi connectivity index (χ1v) is 12.5. The fourth-order valence-electron chi connectivity index (χ4n) is 5.69. The summed E-state index contributed by atoms with van der Waals surface area (Å²) in [5.74, 6) is 1.84. The predicted molar refractivity (Wildman–Crippen MR) is 137 cm³/mol. The van der Waals surface area contributed by atoms with Gasteiger partial charge in [0.05, 0.1) is 17.4 Å². The summed E-state index contributed by atoms with van der Waals surface area (Å²) >= 11 is 0. The summed E-state index contributed by atoms with van der Waals surface area (Å²) in [5.41, 5.74) is 5.90. The van der Waals surface area contributed by atoms with Gasteiger partial charge in [-0.15, -0.1) is 0 Å². The minimum Gasteiger partial charge on any atom is -0.486 e. The Hall–Kier alpha value is -3.52. The molecule has 0 bridgehead atoms. The van der Waals surface area contributed by atoms with Crippen LogP contribution in [0.5, 0.6) is 5.75 Å². The molecule has 0 aliphatic carbocycles. The molecule has 8 nitrogen and oxygen atoms in total. The fraction of sp³-hybridized carbons (Fsp3) is 0.407. The van der Waals surface area contributed by atoms with Crippen molar-refractivity contribution in [2.24, 2.45) is 0 Å². The number of aromatic nitrogens is 5. The van der Waals surface area contributed by atoms with Crippen LogP contribution in [-0.2, 0) is 0 Å². The molecule has 2 aliphatic heterocycles. The van der Waals surface area contributed by atoms with Crippen molar-refractivity contribution in [2.45, 2.75) is 45.8 Å². The highest BCUT2D eigenvalue weighted by atomic mass is 16.5. The maximum atomic E-state index is 6.33. The third-order valence-corrected chi connectivity index (χ3v) is 7.46. The van der Waals surface area contributed by atoms with Gasteiger partial charge >= 0.3 is 0 Å². The number of aryl methyl sites for hydroxylation is 2. The van der Waals surface area contributed by atoms with E-state index in [1.54, 1.807) is 6.20 Å². The van der Waals surface area contributed by atoms with Crippen molar-refractivity contribution in [1.29, 1.82) is 0 Å². The second-order valence-electron chi connectivity index (χ2n) is 9.75. The molecule has 8 heteroatoms. The van der Waals surface area contributed by atoms with E-state index in [2.05, 4.69) is 48.4 Å². The van der Waals surface area contributed by atoms with E-state index in [1.807, 2.05) is 39.1 Å². The highest BCUT2D eigenvalue weighted by Crippen LogP contribution is 2.32. The van der Waals surface area contributed by atoms with Crippen LogP contribution in [0.25, 0.3) is 22.2 Å². The molecule has 0 spiro atoms. The van der Waals surface area contributed by atoms with Crippen LogP contribution < -0.4 is 9.64 Å². The van der Waals surface area contributed by atoms with E-state index in [4.69, 9.17) is 9.72 Å². The van der Waals surface area contributed by atoms with Gasteiger partial charge in [-0.2, -0.15) is 15.3 Å². The van der Waals surface area contributed by atoms with E-state index in [9.17, 15) is 0 Å². The smallest absolute Gasteiger partial charge is 0.128 e. The zero-order valence-corrected chi connectivity index (χ0v) is 20.5. The molecule has 2 aliphatic rings. The molecule has 1 aromatic carbocycles. The first kappa shape index (κ1) is 22.0. The van der Waals surface area contributed by atoms with Crippen molar-refractivity contribution < 1.29 is 4.74 Å². The number of benzene rings is 1. The zero-order chi connectivity index (χ0) is 23.9. The number of pyridine rings is 1. The third kappa shape index (κ3) is 4.12. The first-order valence-electron chi connectivity index (χ1n) is 12.5. The van der Waals surface area contributed by atoms with Crippen molar-refractivity contribution in [2.75, 3.05) is 31.1 Å². The molecule has 0 saturated carbocycles. The number of piperazine rings is 1. The van der Waals surface area contributed by atoms with Crippen LogP contribution in [0.15, 0.2) is 42.7 Å². The fourth-order valence-corrected chi connectivity index (χ4v) is 5.69. The Morgan fingerprint density at radius 1 is 1.09 bits per heavy atom. The number of ether oxygens (including phenoxy) is 1. The number of nitrogens with one attached hydrogen (secondary N) is 1.